The van der Waals surface area contributed by atoms with Crippen LogP contribution in [0.15, 0.2) is 0 Å². The zero-order valence-electron chi connectivity index (χ0n) is 28.0. The Bertz CT molecular complexity index is 1160. The van der Waals surface area contributed by atoms with Gasteiger partial charge in [0.2, 0.25) is 17.7 Å². The van der Waals surface area contributed by atoms with E-state index in [1.807, 2.05) is 11.8 Å². The number of carbonyl (C=O) groups is 3. The third-order valence-electron chi connectivity index (χ3n) is 14.7. The number of carbonyl (C=O) groups excluding carboxylic acids is 3. The Labute approximate surface area is 270 Å². The van der Waals surface area contributed by atoms with Crippen LogP contribution in [0.3, 0.4) is 0 Å². The van der Waals surface area contributed by atoms with Crippen LogP contribution in [0.2, 0.25) is 0 Å². The van der Waals surface area contributed by atoms with Gasteiger partial charge in [-0.1, -0.05) is 20.8 Å². The van der Waals surface area contributed by atoms with Crippen LogP contribution in [0.1, 0.15) is 104 Å². The van der Waals surface area contributed by atoms with E-state index in [-0.39, 0.29) is 46.8 Å². The van der Waals surface area contributed by atoms with E-state index in [0.717, 1.165) is 51.6 Å². The van der Waals surface area contributed by atoms with E-state index in [1.165, 1.54) is 25.7 Å². The average molecular weight is 627 g/mol. The molecule has 0 aromatic carbocycles. The van der Waals surface area contributed by atoms with Crippen LogP contribution in [0.5, 0.6) is 0 Å². The second-order valence-electron chi connectivity index (χ2n) is 16.5. The van der Waals surface area contributed by atoms with Crippen LogP contribution < -0.4 is 0 Å². The van der Waals surface area contributed by atoms with Gasteiger partial charge in [-0.3, -0.25) is 19.3 Å². The average Bonchev–Trinajstić information content (AvgIpc) is 3.80. The van der Waals surface area contributed by atoms with E-state index >= 15 is 0 Å². The first-order valence-electron chi connectivity index (χ1n) is 18.6. The van der Waals surface area contributed by atoms with Crippen LogP contribution in [0.25, 0.3) is 0 Å². The smallest absolute Gasteiger partial charge is 0.246 e. The van der Waals surface area contributed by atoms with Gasteiger partial charge >= 0.3 is 0 Å². The van der Waals surface area contributed by atoms with Crippen LogP contribution in [-0.4, -0.2) is 117 Å². The van der Waals surface area contributed by atoms with Gasteiger partial charge in [-0.25, -0.2) is 0 Å². The number of piperazine rings is 1. The number of nitrogens with zero attached hydrogens (tertiary/aromatic N) is 4. The second-order valence-corrected chi connectivity index (χ2v) is 16.5. The summed E-state index contributed by atoms with van der Waals surface area (Å²) >= 11 is 0. The highest BCUT2D eigenvalue weighted by atomic mass is 16.3. The molecule has 0 aromatic heterocycles. The number of fused-ring (bicyclic) bond motifs is 5. The van der Waals surface area contributed by atoms with Crippen molar-refractivity contribution in [1.29, 1.82) is 0 Å². The van der Waals surface area contributed by atoms with Crippen LogP contribution >= 0.6 is 0 Å². The van der Waals surface area contributed by atoms with Crippen LogP contribution in [-0.2, 0) is 14.4 Å². The molecular weight excluding hydrogens is 568 g/mol. The molecule has 45 heavy (non-hydrogen) atoms. The third kappa shape index (κ3) is 5.16. The second kappa shape index (κ2) is 12.1. The van der Waals surface area contributed by atoms with E-state index in [9.17, 15) is 24.6 Å². The van der Waals surface area contributed by atoms with E-state index < -0.39 is 12.1 Å². The van der Waals surface area contributed by atoms with Crippen molar-refractivity contribution in [3.8, 4) is 0 Å². The molecule has 9 nitrogen and oxygen atoms in total. The van der Waals surface area contributed by atoms with Crippen molar-refractivity contribution in [2.75, 3.05) is 39.3 Å². The van der Waals surface area contributed by atoms with Crippen molar-refractivity contribution in [3.63, 3.8) is 0 Å². The Morgan fingerprint density at radius 3 is 2.11 bits per heavy atom. The number of rotatable bonds is 4. The maximum atomic E-state index is 13.9. The lowest BCUT2D eigenvalue weighted by atomic mass is 9.44. The van der Waals surface area contributed by atoms with E-state index in [4.69, 9.17) is 0 Å². The molecule has 4 aliphatic carbocycles. The molecular formula is C36H58N4O5. The molecule has 4 saturated carbocycles. The summed E-state index contributed by atoms with van der Waals surface area (Å²) in [5.74, 6) is 2.61. The van der Waals surface area contributed by atoms with Crippen molar-refractivity contribution >= 4 is 17.7 Å². The summed E-state index contributed by atoms with van der Waals surface area (Å²) in [5.41, 5.74) is 0.302. The van der Waals surface area contributed by atoms with Gasteiger partial charge in [0.1, 0.15) is 12.1 Å². The van der Waals surface area contributed by atoms with Crippen LogP contribution in [0.4, 0.5) is 0 Å². The summed E-state index contributed by atoms with van der Waals surface area (Å²) in [6.45, 7) is 10.7. The molecule has 0 unspecified atom stereocenters. The van der Waals surface area contributed by atoms with Gasteiger partial charge in [0.15, 0.2) is 0 Å². The monoisotopic (exact) mass is 626 g/mol. The standard InChI is InChI=1S/C36H58N4O5/c1-4-32(43)39-15-5-8-28(39)34(45)40-16-6-7-27(40)33(44)38-19-17-37(18-20-38)29-22-36(3)23(21-30(29)41)9-10-24-25-11-12-31(42)35(25,2)14-13-26(24)36/h23-31,41-42H,4-22H2,1-3H3/t23-,24-,25-,26-,27-,28-,29-,30-,31-,35-,36-/m0/s1. The highest BCUT2D eigenvalue weighted by molar-refractivity contribution is 5.93. The van der Waals surface area contributed by atoms with Crippen molar-refractivity contribution in [2.45, 2.75) is 135 Å². The molecule has 7 aliphatic rings. The minimum atomic E-state index is -0.423. The van der Waals surface area contributed by atoms with Gasteiger partial charge in [-0.15, -0.1) is 0 Å². The number of hydrogen-bond donors (Lipinski definition) is 2. The molecule has 3 saturated heterocycles. The maximum absolute atomic E-state index is 13.9. The van der Waals surface area contributed by atoms with Gasteiger partial charge in [0.05, 0.1) is 12.2 Å². The summed E-state index contributed by atoms with van der Waals surface area (Å²) in [6.07, 6.45) is 11.8. The summed E-state index contributed by atoms with van der Waals surface area (Å²) in [7, 11) is 0. The van der Waals surface area contributed by atoms with Gasteiger partial charge in [-0.2, -0.15) is 0 Å². The predicted octanol–water partition coefficient (Wildman–Crippen LogP) is 3.27. The van der Waals surface area contributed by atoms with Crippen LogP contribution in [0, 0.1) is 34.5 Å². The SMILES string of the molecule is CCC(=O)N1CCC[C@H]1C(=O)N1CCC[C@H]1C(=O)N1CCN([C@H]2C[C@@]3(C)[C@@H](CC[C@@H]4[C@@H]3CC[C@]3(C)[C@@H](O)CC[C@@H]43)C[C@@H]2O)CC1. The number of amides is 3. The molecule has 2 N–H and O–H groups in total. The molecule has 3 aliphatic heterocycles. The number of likely N-dealkylation sites (tertiary alicyclic amines) is 2. The van der Waals surface area contributed by atoms with Gasteiger partial charge < -0.3 is 24.9 Å². The molecule has 11 atom stereocenters. The van der Waals surface area contributed by atoms with E-state index in [1.54, 1.807) is 9.80 Å². The molecule has 9 heteroatoms. The Hall–Kier alpha value is -1.71. The number of hydrogen-bond acceptors (Lipinski definition) is 6. The fourth-order valence-electron chi connectivity index (χ4n) is 12.1. The van der Waals surface area contributed by atoms with E-state index in [2.05, 4.69) is 18.7 Å². The first-order chi connectivity index (χ1) is 21.6. The predicted molar refractivity (Wildman–Crippen MR) is 171 cm³/mol. The molecule has 0 radical (unpaired) electrons. The lowest BCUT2D eigenvalue weighted by Gasteiger charge is -2.62. The molecule has 3 heterocycles. The van der Waals surface area contributed by atoms with Gasteiger partial charge in [-0.05, 0) is 112 Å². The summed E-state index contributed by atoms with van der Waals surface area (Å²) in [5, 5.41) is 22.4. The first-order valence-corrected chi connectivity index (χ1v) is 18.6. The Balaban J connectivity index is 0.985. The molecule has 252 valence electrons. The normalized spacial score (nSPS) is 45.3. The molecule has 7 fully saturated rings. The molecule has 3 amide bonds. The molecule has 0 bridgehead atoms. The molecule has 0 spiro atoms. The van der Waals surface area contributed by atoms with Gasteiger partial charge in [0.25, 0.3) is 0 Å². The highest BCUT2D eigenvalue weighted by Gasteiger charge is 2.61. The minimum absolute atomic E-state index is 0.0252. The molecule has 0 aromatic rings. The fraction of sp³-hybridized carbons (Fsp3) is 0.917. The lowest BCUT2D eigenvalue weighted by Crippen LogP contribution is -2.63. The summed E-state index contributed by atoms with van der Waals surface area (Å²) in [6, 6.07) is -0.719. The topological polar surface area (TPSA) is 105 Å². The van der Waals surface area contributed by atoms with Crippen molar-refractivity contribution in [1.82, 2.24) is 19.6 Å². The summed E-state index contributed by atoms with van der Waals surface area (Å²) < 4.78 is 0. The minimum Gasteiger partial charge on any atom is -0.393 e. The third-order valence-corrected chi connectivity index (χ3v) is 14.7. The fourth-order valence-corrected chi connectivity index (χ4v) is 12.1. The highest BCUT2D eigenvalue weighted by Crippen LogP contribution is 2.66. The first kappa shape index (κ1) is 31.9. The largest absolute Gasteiger partial charge is 0.393 e. The molecule has 7 rings (SSSR count). The van der Waals surface area contributed by atoms with Crippen molar-refractivity contribution in [3.05, 3.63) is 0 Å². The quantitative estimate of drug-likeness (QED) is 0.497. The van der Waals surface area contributed by atoms with Gasteiger partial charge in [0, 0.05) is 51.7 Å². The number of aliphatic hydroxyl groups excluding tert-OH is 2. The Kier molecular flexibility index (Phi) is 8.55. The maximum Gasteiger partial charge on any atom is 0.246 e. The Morgan fingerprint density at radius 1 is 0.733 bits per heavy atom. The summed E-state index contributed by atoms with van der Waals surface area (Å²) in [4.78, 5) is 47.9. The zero-order chi connectivity index (χ0) is 31.7. The zero-order valence-corrected chi connectivity index (χ0v) is 28.0. The number of aliphatic hydroxyl groups is 2. The Morgan fingerprint density at radius 2 is 1.40 bits per heavy atom. The van der Waals surface area contributed by atoms with Crippen molar-refractivity contribution in [2.24, 2.45) is 34.5 Å². The van der Waals surface area contributed by atoms with E-state index in [0.29, 0.717) is 69.1 Å². The lowest BCUT2D eigenvalue weighted by molar-refractivity contribution is -0.158. The van der Waals surface area contributed by atoms with Crippen molar-refractivity contribution < 1.29 is 24.6 Å².